The van der Waals surface area contributed by atoms with Crippen molar-refractivity contribution in [3.63, 3.8) is 0 Å². The zero-order valence-corrected chi connectivity index (χ0v) is 9.71. The van der Waals surface area contributed by atoms with Gasteiger partial charge in [0, 0.05) is 24.9 Å². The predicted molar refractivity (Wildman–Crippen MR) is 62.1 cm³/mol. The Balaban J connectivity index is 2.01. The van der Waals surface area contributed by atoms with Gasteiger partial charge in [-0.05, 0) is 18.9 Å². The smallest absolute Gasteiger partial charge is 0.253 e. The van der Waals surface area contributed by atoms with Gasteiger partial charge in [0.1, 0.15) is 0 Å². The summed E-state index contributed by atoms with van der Waals surface area (Å²) in [5, 5.41) is 2.60. The first-order chi connectivity index (χ1) is 8.58. The Morgan fingerprint density at radius 3 is 2.83 bits per heavy atom. The molecule has 1 fully saturated rings. The summed E-state index contributed by atoms with van der Waals surface area (Å²) in [7, 11) is 0. The van der Waals surface area contributed by atoms with E-state index in [1.54, 1.807) is 0 Å². The maximum atomic E-state index is 13.0. The number of anilines is 1. The lowest BCUT2D eigenvalue weighted by atomic mass is 10.1. The largest absolute Gasteiger partial charge is 0.398 e. The van der Waals surface area contributed by atoms with Gasteiger partial charge in [0.2, 0.25) is 0 Å². The molecule has 1 aliphatic rings. The SMILES string of the molecule is Nc1cc(F)c(F)cc1C(=O)NCC1CCCO1. The number of nitrogen functional groups attached to an aromatic ring is 1. The molecule has 4 nitrogen and oxygen atoms in total. The van der Waals surface area contributed by atoms with Gasteiger partial charge in [-0.2, -0.15) is 0 Å². The van der Waals surface area contributed by atoms with Crippen LogP contribution in [-0.2, 0) is 4.74 Å². The Hall–Kier alpha value is -1.69. The minimum absolute atomic E-state index is 0.0135. The van der Waals surface area contributed by atoms with E-state index in [-0.39, 0.29) is 17.4 Å². The summed E-state index contributed by atoms with van der Waals surface area (Å²) >= 11 is 0. The molecule has 18 heavy (non-hydrogen) atoms. The molecule has 1 amide bonds. The van der Waals surface area contributed by atoms with E-state index in [1.165, 1.54) is 0 Å². The van der Waals surface area contributed by atoms with E-state index in [0.29, 0.717) is 13.2 Å². The average Bonchev–Trinajstić information content (AvgIpc) is 2.84. The van der Waals surface area contributed by atoms with Crippen LogP contribution in [0.4, 0.5) is 14.5 Å². The van der Waals surface area contributed by atoms with E-state index in [9.17, 15) is 13.6 Å². The minimum atomic E-state index is -1.09. The van der Waals surface area contributed by atoms with E-state index in [0.717, 1.165) is 25.0 Å². The molecule has 0 bridgehead atoms. The van der Waals surface area contributed by atoms with Crippen molar-refractivity contribution >= 4 is 11.6 Å². The van der Waals surface area contributed by atoms with Gasteiger partial charge in [-0.15, -0.1) is 0 Å². The van der Waals surface area contributed by atoms with E-state index in [1.807, 2.05) is 0 Å². The lowest BCUT2D eigenvalue weighted by molar-refractivity contribution is 0.0858. The van der Waals surface area contributed by atoms with Crippen LogP contribution in [0.5, 0.6) is 0 Å². The average molecular weight is 256 g/mol. The fourth-order valence-electron chi connectivity index (χ4n) is 1.87. The van der Waals surface area contributed by atoms with Crippen LogP contribution < -0.4 is 11.1 Å². The van der Waals surface area contributed by atoms with Crippen molar-refractivity contribution in [3.05, 3.63) is 29.3 Å². The third-order valence-corrected chi connectivity index (χ3v) is 2.85. The Kier molecular flexibility index (Phi) is 3.76. The summed E-state index contributed by atoms with van der Waals surface area (Å²) in [6.07, 6.45) is 1.84. The van der Waals surface area contributed by atoms with Crippen LogP contribution in [0.1, 0.15) is 23.2 Å². The molecule has 1 aromatic carbocycles. The summed E-state index contributed by atoms with van der Waals surface area (Å²) in [4.78, 5) is 11.7. The molecule has 0 saturated carbocycles. The number of amides is 1. The number of nitrogens with one attached hydrogen (secondary N) is 1. The topological polar surface area (TPSA) is 64.4 Å². The van der Waals surface area contributed by atoms with Crippen LogP contribution in [0.25, 0.3) is 0 Å². The number of hydrogen-bond donors (Lipinski definition) is 2. The number of rotatable bonds is 3. The standard InChI is InChI=1S/C12H14F2N2O2/c13-9-4-8(11(15)5-10(9)14)12(17)16-6-7-2-1-3-18-7/h4-5,7H,1-3,6,15H2,(H,16,17). The van der Waals surface area contributed by atoms with E-state index in [4.69, 9.17) is 10.5 Å². The first-order valence-electron chi connectivity index (χ1n) is 5.72. The fourth-order valence-corrected chi connectivity index (χ4v) is 1.87. The monoisotopic (exact) mass is 256 g/mol. The molecule has 1 aromatic rings. The molecular weight excluding hydrogens is 242 g/mol. The summed E-state index contributed by atoms with van der Waals surface area (Å²) in [6, 6.07) is 1.60. The van der Waals surface area contributed by atoms with Gasteiger partial charge in [0.15, 0.2) is 11.6 Å². The third-order valence-electron chi connectivity index (χ3n) is 2.85. The van der Waals surface area contributed by atoms with Crippen molar-refractivity contribution in [2.45, 2.75) is 18.9 Å². The molecule has 1 aliphatic heterocycles. The van der Waals surface area contributed by atoms with Crippen molar-refractivity contribution in [1.29, 1.82) is 0 Å². The maximum absolute atomic E-state index is 13.0. The van der Waals surface area contributed by atoms with Crippen LogP contribution in [0.2, 0.25) is 0 Å². The van der Waals surface area contributed by atoms with Gasteiger partial charge in [-0.3, -0.25) is 4.79 Å². The summed E-state index contributed by atoms with van der Waals surface area (Å²) < 4.78 is 31.2. The minimum Gasteiger partial charge on any atom is -0.398 e. The molecule has 1 saturated heterocycles. The van der Waals surface area contributed by atoms with Crippen LogP contribution in [0, 0.1) is 11.6 Å². The Morgan fingerprint density at radius 1 is 1.44 bits per heavy atom. The van der Waals surface area contributed by atoms with Crippen molar-refractivity contribution in [2.24, 2.45) is 0 Å². The molecule has 0 aliphatic carbocycles. The number of carbonyl (C=O) groups excluding carboxylic acids is 1. The summed E-state index contributed by atoms with van der Waals surface area (Å²) in [5.41, 5.74) is 5.33. The Morgan fingerprint density at radius 2 is 2.17 bits per heavy atom. The van der Waals surface area contributed by atoms with Crippen LogP contribution in [0.15, 0.2) is 12.1 Å². The zero-order valence-electron chi connectivity index (χ0n) is 9.71. The lowest BCUT2D eigenvalue weighted by Crippen LogP contribution is -2.32. The van der Waals surface area contributed by atoms with Gasteiger partial charge < -0.3 is 15.8 Å². The second kappa shape index (κ2) is 5.30. The zero-order chi connectivity index (χ0) is 13.1. The third kappa shape index (κ3) is 2.76. The van der Waals surface area contributed by atoms with Crippen LogP contribution in [0.3, 0.4) is 0 Å². The highest BCUT2D eigenvalue weighted by atomic mass is 19.2. The number of hydrogen-bond acceptors (Lipinski definition) is 3. The molecule has 0 spiro atoms. The number of ether oxygens (including phenoxy) is 1. The number of nitrogens with two attached hydrogens (primary N) is 1. The van der Waals surface area contributed by atoms with Gasteiger partial charge in [0.05, 0.1) is 11.7 Å². The van der Waals surface area contributed by atoms with E-state index in [2.05, 4.69) is 5.32 Å². The molecule has 2 rings (SSSR count). The van der Waals surface area contributed by atoms with Crippen molar-refractivity contribution < 1.29 is 18.3 Å². The van der Waals surface area contributed by atoms with Crippen molar-refractivity contribution in [2.75, 3.05) is 18.9 Å². The molecule has 0 radical (unpaired) electrons. The lowest BCUT2D eigenvalue weighted by Gasteiger charge is -2.12. The first kappa shape index (κ1) is 12.8. The van der Waals surface area contributed by atoms with E-state index < -0.39 is 17.5 Å². The molecule has 1 atom stereocenters. The fraction of sp³-hybridized carbons (Fsp3) is 0.417. The quantitative estimate of drug-likeness (QED) is 0.805. The molecule has 3 N–H and O–H groups in total. The molecule has 1 heterocycles. The van der Waals surface area contributed by atoms with Crippen molar-refractivity contribution in [3.8, 4) is 0 Å². The maximum Gasteiger partial charge on any atom is 0.253 e. The highest BCUT2D eigenvalue weighted by molar-refractivity contribution is 5.99. The van der Waals surface area contributed by atoms with Crippen LogP contribution in [-0.4, -0.2) is 25.2 Å². The number of benzene rings is 1. The second-order valence-electron chi connectivity index (χ2n) is 4.20. The number of carbonyl (C=O) groups is 1. The van der Waals surface area contributed by atoms with Gasteiger partial charge in [-0.25, -0.2) is 8.78 Å². The molecule has 98 valence electrons. The second-order valence-corrected chi connectivity index (χ2v) is 4.20. The molecular formula is C12H14F2N2O2. The predicted octanol–water partition coefficient (Wildman–Crippen LogP) is 1.46. The van der Waals surface area contributed by atoms with Gasteiger partial charge in [0.25, 0.3) is 5.91 Å². The van der Waals surface area contributed by atoms with Gasteiger partial charge in [-0.1, -0.05) is 0 Å². The normalized spacial score (nSPS) is 18.9. The molecule has 0 aromatic heterocycles. The summed E-state index contributed by atoms with van der Waals surface area (Å²) in [6.45, 7) is 1.03. The van der Waals surface area contributed by atoms with Gasteiger partial charge >= 0.3 is 0 Å². The Bertz CT molecular complexity index is 460. The summed E-state index contributed by atoms with van der Waals surface area (Å²) in [5.74, 6) is -2.68. The Labute approximate surface area is 103 Å². The van der Waals surface area contributed by atoms with Crippen molar-refractivity contribution in [1.82, 2.24) is 5.32 Å². The molecule has 1 unspecified atom stereocenters. The first-order valence-corrected chi connectivity index (χ1v) is 5.72. The van der Waals surface area contributed by atoms with Crippen LogP contribution >= 0.6 is 0 Å². The molecule has 6 heteroatoms. The highest BCUT2D eigenvalue weighted by Gasteiger charge is 2.18. The highest BCUT2D eigenvalue weighted by Crippen LogP contribution is 2.17. The van der Waals surface area contributed by atoms with E-state index >= 15 is 0 Å². The number of halogens is 2.